The molecule has 0 saturated carbocycles. The normalized spacial score (nSPS) is 13.4. The lowest BCUT2D eigenvalue weighted by molar-refractivity contribution is 0.248. The van der Waals surface area contributed by atoms with Gasteiger partial charge in [-0.05, 0) is 38.6 Å². The van der Waals surface area contributed by atoms with E-state index in [0.29, 0.717) is 5.41 Å². The lowest BCUT2D eigenvalue weighted by atomic mass is 9.82. The fourth-order valence-corrected chi connectivity index (χ4v) is 1.97. The second-order valence-corrected chi connectivity index (χ2v) is 5.85. The Hall–Kier alpha value is 0.440. The van der Waals surface area contributed by atoms with Crippen LogP contribution in [0.3, 0.4) is 0 Å². The molecule has 1 nitrogen and oxygen atoms in total. The third kappa shape index (κ3) is 6.50. The maximum Gasteiger partial charge on any atom is 0.0130 e. The Kier molecular flexibility index (Phi) is 5.53. The Morgan fingerprint density at radius 1 is 1.15 bits per heavy atom. The van der Waals surface area contributed by atoms with Crippen LogP contribution in [-0.2, 0) is 0 Å². The van der Waals surface area contributed by atoms with Gasteiger partial charge >= 0.3 is 0 Å². The van der Waals surface area contributed by atoms with E-state index in [0.717, 1.165) is 11.9 Å². The van der Waals surface area contributed by atoms with Gasteiger partial charge in [0.05, 0.1) is 0 Å². The zero-order valence-electron chi connectivity index (χ0n) is 9.71. The minimum Gasteiger partial charge on any atom is -0.312 e. The van der Waals surface area contributed by atoms with Crippen LogP contribution in [0.15, 0.2) is 0 Å². The fourth-order valence-electron chi connectivity index (χ4n) is 1.77. The first-order chi connectivity index (χ1) is 5.83. The molecule has 0 bridgehead atoms. The zero-order valence-corrected chi connectivity index (χ0v) is 11.3. The van der Waals surface area contributed by atoms with Gasteiger partial charge in [-0.15, -0.1) is 0 Å². The van der Waals surface area contributed by atoms with E-state index in [2.05, 4.69) is 55.9 Å². The van der Waals surface area contributed by atoms with Crippen LogP contribution in [0, 0.1) is 5.41 Å². The van der Waals surface area contributed by atoms with Gasteiger partial charge in [-0.3, -0.25) is 0 Å². The minimum absolute atomic E-state index is 0.257. The highest BCUT2D eigenvalue weighted by Crippen LogP contribution is 2.29. The number of alkyl halides is 1. The SMILES string of the molecule is CCCNC(C)(C)CC(C)(C)CBr. The highest BCUT2D eigenvalue weighted by atomic mass is 79.9. The molecule has 0 heterocycles. The van der Waals surface area contributed by atoms with E-state index in [1.54, 1.807) is 0 Å². The summed E-state index contributed by atoms with van der Waals surface area (Å²) in [5.74, 6) is 0. The molecule has 0 rings (SSSR count). The van der Waals surface area contributed by atoms with Crippen molar-refractivity contribution in [1.82, 2.24) is 5.32 Å². The summed E-state index contributed by atoms with van der Waals surface area (Å²) in [6, 6.07) is 0. The molecule has 0 aliphatic carbocycles. The number of nitrogens with one attached hydrogen (secondary N) is 1. The highest BCUT2D eigenvalue weighted by Gasteiger charge is 2.27. The molecule has 0 spiro atoms. The predicted octanol–water partition coefficient (Wildman–Crippen LogP) is 3.58. The number of halogens is 1. The number of rotatable bonds is 6. The molecule has 0 atom stereocenters. The van der Waals surface area contributed by atoms with Crippen LogP contribution in [0.5, 0.6) is 0 Å². The summed E-state index contributed by atoms with van der Waals surface area (Å²) < 4.78 is 0. The van der Waals surface area contributed by atoms with Crippen molar-refractivity contribution in [3.05, 3.63) is 0 Å². The Morgan fingerprint density at radius 2 is 1.69 bits per heavy atom. The van der Waals surface area contributed by atoms with E-state index in [1.165, 1.54) is 12.8 Å². The molecule has 0 aromatic carbocycles. The molecule has 0 aliphatic rings. The molecule has 0 aromatic heterocycles. The molecule has 0 unspecified atom stereocenters. The zero-order chi connectivity index (χ0) is 10.5. The molecule has 0 radical (unpaired) electrons. The maximum atomic E-state index is 3.58. The van der Waals surface area contributed by atoms with Gasteiger partial charge in [0.15, 0.2) is 0 Å². The molecule has 0 fully saturated rings. The molecule has 0 aliphatic heterocycles. The van der Waals surface area contributed by atoms with Crippen molar-refractivity contribution in [3.8, 4) is 0 Å². The summed E-state index contributed by atoms with van der Waals surface area (Å²) in [6.07, 6.45) is 2.41. The first kappa shape index (κ1) is 13.4. The summed E-state index contributed by atoms with van der Waals surface area (Å²) >= 11 is 3.56. The fraction of sp³-hybridized carbons (Fsp3) is 1.00. The maximum absolute atomic E-state index is 3.58. The first-order valence-corrected chi connectivity index (χ1v) is 6.26. The number of hydrogen-bond acceptors (Lipinski definition) is 1. The van der Waals surface area contributed by atoms with Gasteiger partial charge in [-0.25, -0.2) is 0 Å². The van der Waals surface area contributed by atoms with Crippen molar-refractivity contribution < 1.29 is 0 Å². The first-order valence-electron chi connectivity index (χ1n) is 5.14. The number of hydrogen-bond donors (Lipinski definition) is 1. The van der Waals surface area contributed by atoms with E-state index in [9.17, 15) is 0 Å². The van der Waals surface area contributed by atoms with E-state index < -0.39 is 0 Å². The molecule has 13 heavy (non-hydrogen) atoms. The highest BCUT2D eigenvalue weighted by molar-refractivity contribution is 9.09. The smallest absolute Gasteiger partial charge is 0.0130 e. The molecule has 1 N–H and O–H groups in total. The van der Waals surface area contributed by atoms with E-state index in [4.69, 9.17) is 0 Å². The van der Waals surface area contributed by atoms with Crippen molar-refractivity contribution in [3.63, 3.8) is 0 Å². The van der Waals surface area contributed by atoms with E-state index in [-0.39, 0.29) is 5.54 Å². The van der Waals surface area contributed by atoms with Crippen LogP contribution >= 0.6 is 15.9 Å². The average molecular weight is 250 g/mol. The lowest BCUT2D eigenvalue weighted by Gasteiger charge is -2.34. The van der Waals surface area contributed by atoms with Gasteiger partial charge in [-0.2, -0.15) is 0 Å². The van der Waals surface area contributed by atoms with Crippen molar-refractivity contribution >= 4 is 15.9 Å². The molecular formula is C11H24BrN. The van der Waals surface area contributed by atoms with Crippen LogP contribution in [-0.4, -0.2) is 17.4 Å². The average Bonchev–Trinajstić information content (AvgIpc) is 1.99. The summed E-state index contributed by atoms with van der Waals surface area (Å²) in [5, 5.41) is 4.64. The van der Waals surface area contributed by atoms with Crippen LogP contribution in [0.1, 0.15) is 47.5 Å². The second kappa shape index (κ2) is 5.35. The Balaban J connectivity index is 4.00. The molecule has 0 amide bonds. The predicted molar refractivity (Wildman–Crippen MR) is 64.6 cm³/mol. The van der Waals surface area contributed by atoms with Gasteiger partial charge < -0.3 is 5.32 Å². The van der Waals surface area contributed by atoms with Crippen LogP contribution < -0.4 is 5.32 Å². The molecule has 0 aromatic rings. The van der Waals surface area contributed by atoms with Crippen LogP contribution in [0.4, 0.5) is 0 Å². The summed E-state index contributed by atoms with van der Waals surface area (Å²) in [5.41, 5.74) is 0.636. The molecule has 0 saturated heterocycles. The largest absolute Gasteiger partial charge is 0.312 e. The van der Waals surface area contributed by atoms with Gasteiger partial charge in [-0.1, -0.05) is 36.7 Å². The van der Waals surface area contributed by atoms with E-state index >= 15 is 0 Å². The van der Waals surface area contributed by atoms with Gasteiger partial charge in [0.1, 0.15) is 0 Å². The van der Waals surface area contributed by atoms with Gasteiger partial charge in [0.2, 0.25) is 0 Å². The standard InChI is InChI=1S/C11H24BrN/c1-6-7-13-11(4,5)8-10(2,3)9-12/h13H,6-9H2,1-5H3. The second-order valence-electron chi connectivity index (χ2n) is 5.29. The summed E-state index contributed by atoms with van der Waals surface area (Å²) in [4.78, 5) is 0. The van der Waals surface area contributed by atoms with Crippen LogP contribution in [0.2, 0.25) is 0 Å². The Morgan fingerprint density at radius 3 is 2.08 bits per heavy atom. The third-order valence-corrected chi connectivity index (χ3v) is 3.65. The van der Waals surface area contributed by atoms with Crippen LogP contribution in [0.25, 0.3) is 0 Å². The topological polar surface area (TPSA) is 12.0 Å². The monoisotopic (exact) mass is 249 g/mol. The lowest BCUT2D eigenvalue weighted by Crippen LogP contribution is -2.43. The van der Waals surface area contributed by atoms with Crippen molar-refractivity contribution in [2.24, 2.45) is 5.41 Å². The van der Waals surface area contributed by atoms with E-state index in [1.807, 2.05) is 0 Å². The molecular weight excluding hydrogens is 226 g/mol. The summed E-state index contributed by atoms with van der Waals surface area (Å²) in [7, 11) is 0. The Labute approximate surface area is 91.8 Å². The van der Waals surface area contributed by atoms with Crippen molar-refractivity contribution in [2.75, 3.05) is 11.9 Å². The van der Waals surface area contributed by atoms with Gasteiger partial charge in [0, 0.05) is 10.9 Å². The Bertz CT molecular complexity index is 141. The van der Waals surface area contributed by atoms with Crippen molar-refractivity contribution in [1.29, 1.82) is 0 Å². The minimum atomic E-state index is 0.257. The molecule has 80 valence electrons. The third-order valence-electron chi connectivity index (χ3n) is 2.14. The van der Waals surface area contributed by atoms with Gasteiger partial charge in [0.25, 0.3) is 0 Å². The summed E-state index contributed by atoms with van der Waals surface area (Å²) in [6.45, 7) is 12.5. The quantitative estimate of drug-likeness (QED) is 0.710. The van der Waals surface area contributed by atoms with Crippen molar-refractivity contribution in [2.45, 2.75) is 53.0 Å². The molecule has 2 heteroatoms.